The molecule has 2 aromatic carbocycles. The van der Waals surface area contributed by atoms with Crippen LogP contribution in [0.2, 0.25) is 0 Å². The Balaban J connectivity index is 1.69. The summed E-state index contributed by atoms with van der Waals surface area (Å²) in [5, 5.41) is 3.38. The zero-order chi connectivity index (χ0) is 18.7. The highest BCUT2D eigenvalue weighted by Crippen LogP contribution is 2.20. The lowest BCUT2D eigenvalue weighted by molar-refractivity contribution is -0.123. The molecule has 1 aromatic heterocycles. The predicted molar refractivity (Wildman–Crippen MR) is 96.2 cm³/mol. The maximum absolute atomic E-state index is 12.3. The first-order valence-corrected chi connectivity index (χ1v) is 8.06. The van der Waals surface area contributed by atoms with Gasteiger partial charge in [-0.1, -0.05) is 30.3 Å². The van der Waals surface area contributed by atoms with E-state index in [4.69, 9.17) is 9.15 Å². The number of hydrogen-bond acceptors (Lipinski definition) is 5. The number of fused-ring (bicyclic) bond motifs is 1. The van der Waals surface area contributed by atoms with Crippen molar-refractivity contribution in [2.45, 2.75) is 20.0 Å². The van der Waals surface area contributed by atoms with Crippen molar-refractivity contribution in [3.05, 3.63) is 65.9 Å². The van der Waals surface area contributed by atoms with Crippen molar-refractivity contribution >= 4 is 34.3 Å². The minimum Gasteiger partial charge on any atom is -0.449 e. The van der Waals surface area contributed by atoms with Crippen LogP contribution in [0.3, 0.4) is 0 Å². The number of anilines is 1. The van der Waals surface area contributed by atoms with Crippen molar-refractivity contribution < 1.29 is 23.5 Å². The van der Waals surface area contributed by atoms with Crippen molar-refractivity contribution in [2.75, 3.05) is 5.32 Å². The number of carbonyl (C=O) groups is 3. The number of ketones is 1. The first-order chi connectivity index (χ1) is 12.5. The van der Waals surface area contributed by atoms with Gasteiger partial charge in [0.05, 0.1) is 5.69 Å². The van der Waals surface area contributed by atoms with Gasteiger partial charge < -0.3 is 14.5 Å². The van der Waals surface area contributed by atoms with E-state index in [9.17, 15) is 14.4 Å². The Kier molecular flexibility index (Phi) is 4.84. The molecular weight excluding hydrogens is 334 g/mol. The largest absolute Gasteiger partial charge is 0.449 e. The zero-order valence-electron chi connectivity index (χ0n) is 14.3. The van der Waals surface area contributed by atoms with E-state index in [2.05, 4.69) is 5.32 Å². The first-order valence-electron chi connectivity index (χ1n) is 8.06. The standard InChI is InChI=1S/C20H17NO5/c1-12(22)15-8-4-5-9-16(15)21-19(23)13(2)25-20(24)18-11-14-7-3-6-10-17(14)26-18/h3-11,13H,1-2H3,(H,21,23)/t13-/m1/s1. The lowest BCUT2D eigenvalue weighted by Gasteiger charge is -2.14. The second-order valence-corrected chi connectivity index (χ2v) is 5.79. The highest BCUT2D eigenvalue weighted by molar-refractivity contribution is 6.05. The minimum absolute atomic E-state index is 0.0231. The van der Waals surface area contributed by atoms with Gasteiger partial charge in [0.15, 0.2) is 11.9 Å². The molecule has 3 rings (SSSR count). The molecule has 26 heavy (non-hydrogen) atoms. The summed E-state index contributed by atoms with van der Waals surface area (Å²) in [6, 6.07) is 15.4. The van der Waals surface area contributed by atoms with Crippen LogP contribution in [0.1, 0.15) is 34.8 Å². The number of benzene rings is 2. The number of hydrogen-bond donors (Lipinski definition) is 1. The van der Waals surface area contributed by atoms with Gasteiger partial charge in [-0.3, -0.25) is 9.59 Å². The number of esters is 1. The summed E-state index contributed by atoms with van der Waals surface area (Å²) in [5.74, 6) is -1.42. The van der Waals surface area contributed by atoms with E-state index < -0.39 is 18.0 Å². The van der Waals surface area contributed by atoms with Crippen molar-refractivity contribution in [3.63, 3.8) is 0 Å². The van der Waals surface area contributed by atoms with Crippen molar-refractivity contribution in [3.8, 4) is 0 Å². The average molecular weight is 351 g/mol. The molecule has 0 aliphatic carbocycles. The zero-order valence-corrected chi connectivity index (χ0v) is 14.3. The van der Waals surface area contributed by atoms with Crippen LogP contribution < -0.4 is 5.32 Å². The lowest BCUT2D eigenvalue weighted by atomic mass is 10.1. The minimum atomic E-state index is -1.06. The summed E-state index contributed by atoms with van der Waals surface area (Å²) >= 11 is 0. The Morgan fingerprint density at radius 3 is 2.46 bits per heavy atom. The van der Waals surface area contributed by atoms with Crippen LogP contribution in [0.15, 0.2) is 59.0 Å². The Hall–Kier alpha value is -3.41. The molecule has 6 heteroatoms. The van der Waals surface area contributed by atoms with Crippen molar-refractivity contribution in [2.24, 2.45) is 0 Å². The molecule has 0 aliphatic heterocycles. The number of rotatable bonds is 5. The molecule has 1 atom stereocenters. The maximum Gasteiger partial charge on any atom is 0.375 e. The fourth-order valence-electron chi connectivity index (χ4n) is 2.49. The number of carbonyl (C=O) groups excluding carboxylic acids is 3. The maximum atomic E-state index is 12.3. The Morgan fingerprint density at radius 2 is 1.73 bits per heavy atom. The van der Waals surface area contributed by atoms with E-state index in [1.807, 2.05) is 12.1 Å². The van der Waals surface area contributed by atoms with E-state index in [1.54, 1.807) is 42.5 Å². The van der Waals surface area contributed by atoms with Gasteiger partial charge in [-0.05, 0) is 38.1 Å². The third kappa shape index (κ3) is 3.64. The summed E-state index contributed by atoms with van der Waals surface area (Å²) in [6.07, 6.45) is -1.06. The molecule has 0 bridgehead atoms. The van der Waals surface area contributed by atoms with Crippen molar-refractivity contribution in [1.82, 2.24) is 0 Å². The van der Waals surface area contributed by atoms with Gasteiger partial charge >= 0.3 is 5.97 Å². The third-order valence-electron chi connectivity index (χ3n) is 3.84. The third-order valence-corrected chi connectivity index (χ3v) is 3.84. The molecule has 0 saturated heterocycles. The summed E-state index contributed by atoms with van der Waals surface area (Å²) in [6.45, 7) is 2.86. The van der Waals surface area contributed by atoms with Crippen LogP contribution in [0.25, 0.3) is 11.0 Å². The van der Waals surface area contributed by atoms with E-state index in [1.165, 1.54) is 13.8 Å². The van der Waals surface area contributed by atoms with E-state index >= 15 is 0 Å². The van der Waals surface area contributed by atoms with Gasteiger partial charge in [0.25, 0.3) is 5.91 Å². The van der Waals surface area contributed by atoms with Crippen LogP contribution >= 0.6 is 0 Å². The molecule has 1 heterocycles. The number of nitrogens with one attached hydrogen (secondary N) is 1. The predicted octanol–water partition coefficient (Wildman–Crippen LogP) is 3.82. The SMILES string of the molecule is CC(=O)c1ccccc1NC(=O)[C@@H](C)OC(=O)c1cc2ccccc2o1. The van der Waals surface area contributed by atoms with Crippen molar-refractivity contribution in [1.29, 1.82) is 0 Å². The molecule has 0 saturated carbocycles. The normalized spacial score (nSPS) is 11.8. The average Bonchev–Trinajstić information content (AvgIpc) is 3.06. The van der Waals surface area contributed by atoms with Gasteiger partial charge in [-0.15, -0.1) is 0 Å². The monoisotopic (exact) mass is 351 g/mol. The number of Topliss-reactive ketones (excluding diaryl/α,β-unsaturated/α-hetero) is 1. The number of amides is 1. The highest BCUT2D eigenvalue weighted by Gasteiger charge is 2.22. The highest BCUT2D eigenvalue weighted by atomic mass is 16.6. The summed E-state index contributed by atoms with van der Waals surface area (Å²) in [5.41, 5.74) is 1.32. The summed E-state index contributed by atoms with van der Waals surface area (Å²) < 4.78 is 10.6. The Morgan fingerprint density at radius 1 is 1.04 bits per heavy atom. The molecule has 1 amide bonds. The van der Waals surface area contributed by atoms with Gasteiger partial charge in [-0.2, -0.15) is 0 Å². The van der Waals surface area contributed by atoms with Gasteiger partial charge in [0.2, 0.25) is 5.76 Å². The van der Waals surface area contributed by atoms with Gasteiger partial charge in [0.1, 0.15) is 5.58 Å². The van der Waals surface area contributed by atoms with E-state index in [0.717, 1.165) is 5.39 Å². The second kappa shape index (κ2) is 7.23. The number of para-hydroxylation sites is 2. The Bertz CT molecular complexity index is 956. The number of furan rings is 1. The molecule has 3 aromatic rings. The molecule has 1 N–H and O–H groups in total. The van der Waals surface area contributed by atoms with Gasteiger partial charge in [-0.25, -0.2) is 4.79 Å². The first kappa shape index (κ1) is 17.4. The molecule has 0 unspecified atom stereocenters. The molecule has 0 fully saturated rings. The molecule has 0 spiro atoms. The lowest BCUT2D eigenvalue weighted by Crippen LogP contribution is -2.30. The van der Waals surface area contributed by atoms with E-state index in [-0.39, 0.29) is 11.5 Å². The van der Waals surface area contributed by atoms with E-state index in [0.29, 0.717) is 16.8 Å². The fraction of sp³-hybridized carbons (Fsp3) is 0.150. The molecule has 132 valence electrons. The Labute approximate surface area is 149 Å². The smallest absolute Gasteiger partial charge is 0.375 e. The molecule has 6 nitrogen and oxygen atoms in total. The van der Waals surface area contributed by atoms with Crippen LogP contribution in [-0.2, 0) is 9.53 Å². The summed E-state index contributed by atoms with van der Waals surface area (Å²) in [7, 11) is 0. The molecule has 0 radical (unpaired) electrons. The molecule has 0 aliphatic rings. The van der Waals surface area contributed by atoms with Crippen LogP contribution in [0.4, 0.5) is 5.69 Å². The topological polar surface area (TPSA) is 85.6 Å². The fourth-order valence-corrected chi connectivity index (χ4v) is 2.49. The van der Waals surface area contributed by atoms with Crippen LogP contribution in [-0.4, -0.2) is 23.8 Å². The van der Waals surface area contributed by atoms with Crippen LogP contribution in [0.5, 0.6) is 0 Å². The molecular formula is C20H17NO5. The quantitative estimate of drug-likeness (QED) is 0.558. The van der Waals surface area contributed by atoms with Gasteiger partial charge in [0, 0.05) is 10.9 Å². The second-order valence-electron chi connectivity index (χ2n) is 5.79. The summed E-state index contributed by atoms with van der Waals surface area (Å²) in [4.78, 5) is 36.1. The number of ether oxygens (including phenoxy) is 1. The van der Waals surface area contributed by atoms with Crippen LogP contribution in [0, 0.1) is 0 Å².